The predicted octanol–water partition coefficient (Wildman–Crippen LogP) is 4.90. The van der Waals surface area contributed by atoms with Crippen LogP contribution < -0.4 is 10.0 Å². The lowest BCUT2D eigenvalue weighted by Crippen LogP contribution is -2.15. The van der Waals surface area contributed by atoms with E-state index in [9.17, 15) is 26.4 Å². The number of methoxy groups -OCH3 is 1. The van der Waals surface area contributed by atoms with Gasteiger partial charge in [-0.05, 0) is 54.1 Å². The molecule has 0 radical (unpaired) electrons. The van der Waals surface area contributed by atoms with Crippen LogP contribution in [0.4, 0.5) is 24.5 Å². The molecule has 0 saturated heterocycles. The molecule has 0 aromatic heterocycles. The topological polar surface area (TPSA) is 84.5 Å². The summed E-state index contributed by atoms with van der Waals surface area (Å²) in [5.41, 5.74) is 0.148. The second kappa shape index (κ2) is 9.41. The van der Waals surface area contributed by atoms with Crippen LogP contribution in [0.5, 0.6) is 0 Å². The number of hydrogen-bond acceptors (Lipinski definition) is 4. The third-order valence-electron chi connectivity index (χ3n) is 4.34. The third kappa shape index (κ3) is 5.86. The number of rotatable bonds is 7. The lowest BCUT2D eigenvalue weighted by Gasteiger charge is -2.12. The third-order valence-corrected chi connectivity index (χ3v) is 5.72. The van der Waals surface area contributed by atoms with Crippen LogP contribution in [-0.2, 0) is 27.5 Å². The van der Waals surface area contributed by atoms with E-state index in [2.05, 4.69) is 10.0 Å². The number of carbonyl (C=O) groups excluding carboxylic acids is 1. The van der Waals surface area contributed by atoms with Gasteiger partial charge in [0.25, 0.3) is 15.9 Å². The van der Waals surface area contributed by atoms with E-state index >= 15 is 0 Å². The molecule has 3 aromatic rings. The molecule has 0 aliphatic carbocycles. The van der Waals surface area contributed by atoms with Gasteiger partial charge in [0.1, 0.15) is 0 Å². The number of anilines is 2. The van der Waals surface area contributed by atoms with Gasteiger partial charge in [-0.25, -0.2) is 8.42 Å². The highest BCUT2D eigenvalue weighted by Gasteiger charge is 2.30. The zero-order valence-electron chi connectivity index (χ0n) is 16.8. The SMILES string of the molecule is COCc1cccc(C(=O)Nc2cccc(S(=O)(=O)Nc3cccc(C(F)(F)F)c3)c2)c1. The molecule has 0 unspecified atom stereocenters. The van der Waals surface area contributed by atoms with Crippen molar-refractivity contribution in [1.82, 2.24) is 0 Å². The maximum atomic E-state index is 12.9. The molecule has 168 valence electrons. The first kappa shape index (κ1) is 23.3. The van der Waals surface area contributed by atoms with Crippen LogP contribution in [0, 0.1) is 0 Å². The van der Waals surface area contributed by atoms with E-state index in [1.165, 1.54) is 37.4 Å². The Morgan fingerprint density at radius 1 is 0.938 bits per heavy atom. The van der Waals surface area contributed by atoms with Gasteiger partial charge in [0.2, 0.25) is 0 Å². The van der Waals surface area contributed by atoms with E-state index in [0.717, 1.165) is 17.7 Å². The van der Waals surface area contributed by atoms with Crippen molar-refractivity contribution in [2.45, 2.75) is 17.7 Å². The number of ether oxygens (including phenoxy) is 1. The Balaban J connectivity index is 1.79. The van der Waals surface area contributed by atoms with Crippen molar-refractivity contribution in [3.63, 3.8) is 0 Å². The lowest BCUT2D eigenvalue weighted by atomic mass is 10.1. The summed E-state index contributed by atoms with van der Waals surface area (Å²) >= 11 is 0. The zero-order valence-corrected chi connectivity index (χ0v) is 17.6. The van der Waals surface area contributed by atoms with Crippen LogP contribution in [-0.4, -0.2) is 21.4 Å². The molecular weight excluding hydrogens is 445 g/mol. The summed E-state index contributed by atoms with van der Waals surface area (Å²) in [6, 6.07) is 16.0. The predicted molar refractivity (Wildman–Crippen MR) is 114 cm³/mol. The molecule has 0 saturated carbocycles. The molecule has 32 heavy (non-hydrogen) atoms. The van der Waals surface area contributed by atoms with Crippen molar-refractivity contribution in [3.05, 3.63) is 89.5 Å². The molecule has 3 aromatic carbocycles. The van der Waals surface area contributed by atoms with E-state index < -0.39 is 27.7 Å². The molecule has 0 spiro atoms. The second-order valence-corrected chi connectivity index (χ2v) is 8.48. The molecule has 0 bridgehead atoms. The summed E-state index contributed by atoms with van der Waals surface area (Å²) < 4.78 is 71.1. The minimum Gasteiger partial charge on any atom is -0.380 e. The first-order valence-corrected chi connectivity index (χ1v) is 10.8. The minimum atomic E-state index is -4.60. The summed E-state index contributed by atoms with van der Waals surface area (Å²) in [4.78, 5) is 12.3. The van der Waals surface area contributed by atoms with Crippen LogP contribution in [0.3, 0.4) is 0 Å². The van der Waals surface area contributed by atoms with Crippen LogP contribution >= 0.6 is 0 Å². The highest BCUT2D eigenvalue weighted by molar-refractivity contribution is 7.92. The summed E-state index contributed by atoms with van der Waals surface area (Å²) in [5, 5.41) is 2.61. The van der Waals surface area contributed by atoms with Gasteiger partial charge >= 0.3 is 6.18 Å². The van der Waals surface area contributed by atoms with E-state index in [1.807, 2.05) is 0 Å². The van der Waals surface area contributed by atoms with Crippen LogP contribution in [0.1, 0.15) is 21.5 Å². The van der Waals surface area contributed by atoms with Crippen molar-refractivity contribution in [3.8, 4) is 0 Å². The number of carbonyl (C=O) groups is 1. The monoisotopic (exact) mass is 464 g/mol. The Hall–Kier alpha value is -3.37. The van der Waals surface area contributed by atoms with Gasteiger partial charge in [0.05, 0.1) is 17.1 Å². The number of hydrogen-bond donors (Lipinski definition) is 2. The Morgan fingerprint density at radius 3 is 2.34 bits per heavy atom. The summed E-state index contributed by atoms with van der Waals surface area (Å²) in [6.45, 7) is 0.329. The van der Waals surface area contributed by atoms with Crippen molar-refractivity contribution in [1.29, 1.82) is 0 Å². The second-order valence-electron chi connectivity index (χ2n) is 6.80. The lowest BCUT2D eigenvalue weighted by molar-refractivity contribution is -0.137. The van der Waals surface area contributed by atoms with Gasteiger partial charge in [-0.15, -0.1) is 0 Å². The quantitative estimate of drug-likeness (QED) is 0.521. The highest BCUT2D eigenvalue weighted by Crippen LogP contribution is 2.31. The minimum absolute atomic E-state index is 0.207. The fourth-order valence-electron chi connectivity index (χ4n) is 2.89. The molecule has 0 fully saturated rings. The van der Waals surface area contributed by atoms with Gasteiger partial charge in [-0.3, -0.25) is 9.52 Å². The zero-order chi connectivity index (χ0) is 23.4. The normalized spacial score (nSPS) is 11.8. The highest BCUT2D eigenvalue weighted by atomic mass is 32.2. The van der Waals surface area contributed by atoms with E-state index in [1.54, 1.807) is 24.3 Å². The first-order chi connectivity index (χ1) is 15.1. The molecule has 0 heterocycles. The number of amides is 1. The molecule has 10 heteroatoms. The molecule has 2 N–H and O–H groups in total. The van der Waals surface area contributed by atoms with Crippen LogP contribution in [0.25, 0.3) is 0 Å². The molecular formula is C22H19F3N2O4S. The van der Waals surface area contributed by atoms with Crippen molar-refractivity contribution < 1.29 is 31.1 Å². The number of benzene rings is 3. The number of halogens is 3. The maximum Gasteiger partial charge on any atom is 0.416 e. The molecule has 3 rings (SSSR count). The molecule has 0 aliphatic rings. The van der Waals surface area contributed by atoms with E-state index in [-0.39, 0.29) is 16.3 Å². The number of nitrogens with one attached hydrogen (secondary N) is 2. The molecule has 6 nitrogen and oxygen atoms in total. The van der Waals surface area contributed by atoms with Gasteiger partial charge in [-0.2, -0.15) is 13.2 Å². The molecule has 1 amide bonds. The summed E-state index contributed by atoms with van der Waals surface area (Å²) in [7, 11) is -2.66. The van der Waals surface area contributed by atoms with Crippen molar-refractivity contribution >= 4 is 27.3 Å². The summed E-state index contributed by atoms with van der Waals surface area (Å²) in [6.07, 6.45) is -4.60. The van der Waals surface area contributed by atoms with Gasteiger partial charge < -0.3 is 10.1 Å². The van der Waals surface area contributed by atoms with Gasteiger partial charge in [0.15, 0.2) is 0 Å². The summed E-state index contributed by atoms with van der Waals surface area (Å²) in [5.74, 6) is -0.455. The average molecular weight is 464 g/mol. The number of alkyl halides is 3. The van der Waals surface area contributed by atoms with E-state index in [4.69, 9.17) is 4.74 Å². The van der Waals surface area contributed by atoms with Crippen LogP contribution in [0.2, 0.25) is 0 Å². The first-order valence-electron chi connectivity index (χ1n) is 9.28. The Kier molecular flexibility index (Phi) is 6.85. The standard InChI is InChI=1S/C22H19F3N2O4S/c1-31-14-15-5-2-6-16(11-15)21(28)26-18-8-4-10-20(13-18)32(29,30)27-19-9-3-7-17(12-19)22(23,24)25/h2-13,27H,14H2,1H3,(H,26,28). The fraction of sp³-hybridized carbons (Fsp3) is 0.136. The molecule has 0 aliphatic heterocycles. The van der Waals surface area contributed by atoms with Crippen LogP contribution in [0.15, 0.2) is 77.7 Å². The Bertz CT molecular complexity index is 1230. The van der Waals surface area contributed by atoms with Crippen molar-refractivity contribution in [2.75, 3.05) is 17.1 Å². The largest absolute Gasteiger partial charge is 0.416 e. The average Bonchev–Trinajstić information content (AvgIpc) is 2.74. The van der Waals surface area contributed by atoms with Crippen molar-refractivity contribution in [2.24, 2.45) is 0 Å². The fourth-order valence-corrected chi connectivity index (χ4v) is 3.98. The van der Waals surface area contributed by atoms with Gasteiger partial charge in [-0.1, -0.05) is 24.3 Å². The number of sulfonamides is 1. The smallest absolute Gasteiger partial charge is 0.380 e. The maximum absolute atomic E-state index is 12.9. The Morgan fingerprint density at radius 2 is 1.62 bits per heavy atom. The molecule has 0 atom stereocenters. The van der Waals surface area contributed by atoms with E-state index in [0.29, 0.717) is 18.2 Å². The van der Waals surface area contributed by atoms with Gasteiger partial charge in [0, 0.05) is 24.0 Å². The Labute approximate surface area is 183 Å².